The van der Waals surface area contributed by atoms with Gasteiger partial charge >= 0.3 is 0 Å². The minimum absolute atomic E-state index is 0.0631. The van der Waals surface area contributed by atoms with Gasteiger partial charge in [-0.05, 0) is 23.3 Å². The Morgan fingerprint density at radius 2 is 1.81 bits per heavy atom. The van der Waals surface area contributed by atoms with E-state index in [9.17, 15) is 13.6 Å². The number of likely N-dealkylation sites (tertiary alicyclic amines) is 1. The molecule has 1 unspecified atom stereocenters. The molecule has 0 saturated carbocycles. The quantitative estimate of drug-likeness (QED) is 0.676. The van der Waals surface area contributed by atoms with Gasteiger partial charge in [0.05, 0.1) is 13.2 Å². The van der Waals surface area contributed by atoms with E-state index in [0.29, 0.717) is 44.7 Å². The van der Waals surface area contributed by atoms with Crippen molar-refractivity contribution in [3.63, 3.8) is 0 Å². The summed E-state index contributed by atoms with van der Waals surface area (Å²) in [5.74, 6) is -2.43. The molecule has 1 spiro atoms. The van der Waals surface area contributed by atoms with E-state index in [0.717, 1.165) is 22.5 Å². The van der Waals surface area contributed by atoms with E-state index in [1.165, 1.54) is 12.1 Å². The molecule has 0 aliphatic carbocycles. The molecule has 5 rings (SSSR count). The van der Waals surface area contributed by atoms with Crippen LogP contribution in [0.25, 0.3) is 10.9 Å². The van der Waals surface area contributed by atoms with Crippen molar-refractivity contribution in [2.45, 2.75) is 31.0 Å². The number of carbonyl (C=O) groups is 1. The van der Waals surface area contributed by atoms with Gasteiger partial charge in [-0.3, -0.25) is 4.79 Å². The maximum atomic E-state index is 14.8. The minimum atomic E-state index is -0.645. The van der Waals surface area contributed by atoms with Gasteiger partial charge in [-0.15, -0.1) is 0 Å². The van der Waals surface area contributed by atoms with Crippen LogP contribution in [0.4, 0.5) is 8.78 Å². The summed E-state index contributed by atoms with van der Waals surface area (Å²) in [5.41, 5.74) is 2.05. The molecule has 3 heterocycles. The number of aromatic nitrogens is 1. The number of fused-ring (bicyclic) bond motifs is 1. The van der Waals surface area contributed by atoms with Crippen molar-refractivity contribution in [3.05, 3.63) is 71.4 Å². The second kappa shape index (κ2) is 8.05. The molecule has 0 radical (unpaired) electrons. The maximum absolute atomic E-state index is 14.8. The molecule has 162 valence electrons. The van der Waals surface area contributed by atoms with Gasteiger partial charge in [0.1, 0.15) is 11.6 Å². The van der Waals surface area contributed by atoms with Gasteiger partial charge in [0.2, 0.25) is 5.91 Å². The smallest absolute Gasteiger partial charge is 0.223 e. The van der Waals surface area contributed by atoms with E-state index in [4.69, 9.17) is 9.47 Å². The topological polar surface area (TPSA) is 54.6 Å². The van der Waals surface area contributed by atoms with E-state index in [2.05, 4.69) is 4.98 Å². The van der Waals surface area contributed by atoms with Crippen LogP contribution >= 0.6 is 0 Å². The van der Waals surface area contributed by atoms with Gasteiger partial charge in [-0.2, -0.15) is 0 Å². The highest BCUT2D eigenvalue weighted by molar-refractivity contribution is 5.86. The van der Waals surface area contributed by atoms with Crippen LogP contribution in [0.15, 0.2) is 48.7 Å². The van der Waals surface area contributed by atoms with Crippen molar-refractivity contribution >= 4 is 16.8 Å². The molecule has 1 N–H and O–H groups in total. The van der Waals surface area contributed by atoms with Gasteiger partial charge < -0.3 is 19.4 Å². The predicted molar refractivity (Wildman–Crippen MR) is 112 cm³/mol. The highest BCUT2D eigenvalue weighted by atomic mass is 19.1. The molecule has 7 heteroatoms. The standard InChI is InChI=1S/C24H24F2N2O3/c25-16-5-6-17(21(26)13-16)19(20-15-27-22-4-2-1-3-18(20)22)14-23(29)28-9-7-24(8-10-28)30-11-12-31-24/h1-6,13,15,19,27H,7-12,14H2. The lowest BCUT2D eigenvalue weighted by Gasteiger charge is -2.38. The summed E-state index contributed by atoms with van der Waals surface area (Å²) in [6.45, 7) is 2.23. The second-order valence-corrected chi connectivity index (χ2v) is 8.20. The number of piperidine rings is 1. The van der Waals surface area contributed by atoms with Crippen molar-refractivity contribution in [1.29, 1.82) is 0 Å². The van der Waals surface area contributed by atoms with Crippen molar-refractivity contribution < 1.29 is 23.0 Å². The van der Waals surface area contributed by atoms with Crippen LogP contribution in [0.3, 0.4) is 0 Å². The third-order valence-corrected chi connectivity index (χ3v) is 6.40. The molecule has 2 fully saturated rings. The van der Waals surface area contributed by atoms with Crippen LogP contribution in [0.1, 0.15) is 36.3 Å². The number of ether oxygens (including phenoxy) is 2. The zero-order chi connectivity index (χ0) is 21.4. The molecule has 1 aromatic heterocycles. The lowest BCUT2D eigenvalue weighted by molar-refractivity contribution is -0.187. The number of carbonyl (C=O) groups excluding carboxylic acids is 1. The molecule has 31 heavy (non-hydrogen) atoms. The number of nitrogens with one attached hydrogen (secondary N) is 1. The molecule has 5 nitrogen and oxygen atoms in total. The van der Waals surface area contributed by atoms with Crippen molar-refractivity contribution in [1.82, 2.24) is 9.88 Å². The number of nitrogens with zero attached hydrogens (tertiary/aromatic N) is 1. The summed E-state index contributed by atoms with van der Waals surface area (Å²) in [5, 5.41) is 0.925. The number of hydrogen-bond donors (Lipinski definition) is 1. The largest absolute Gasteiger partial charge is 0.361 e. The van der Waals surface area contributed by atoms with Gasteiger partial charge in [-0.25, -0.2) is 8.78 Å². The number of hydrogen-bond acceptors (Lipinski definition) is 3. The summed E-state index contributed by atoms with van der Waals surface area (Å²) in [6.07, 6.45) is 3.17. The Balaban J connectivity index is 1.43. The van der Waals surface area contributed by atoms with Crippen LogP contribution in [-0.4, -0.2) is 47.9 Å². The Bertz CT molecular complexity index is 1100. The van der Waals surface area contributed by atoms with Crippen LogP contribution in [0, 0.1) is 11.6 Å². The molecular weight excluding hydrogens is 402 g/mol. The Kier molecular flexibility index (Phi) is 5.24. The summed E-state index contributed by atoms with van der Waals surface area (Å²) >= 11 is 0. The summed E-state index contributed by atoms with van der Waals surface area (Å²) in [4.78, 5) is 18.2. The highest BCUT2D eigenvalue weighted by Crippen LogP contribution is 2.37. The lowest BCUT2D eigenvalue weighted by atomic mass is 9.87. The number of rotatable bonds is 4. The Morgan fingerprint density at radius 1 is 1.06 bits per heavy atom. The normalized spacial score (nSPS) is 19.2. The maximum Gasteiger partial charge on any atom is 0.223 e. The van der Waals surface area contributed by atoms with Gasteiger partial charge in [0.25, 0.3) is 0 Å². The fourth-order valence-electron chi connectivity index (χ4n) is 4.74. The van der Waals surface area contributed by atoms with Crippen LogP contribution in [-0.2, 0) is 14.3 Å². The lowest BCUT2D eigenvalue weighted by Crippen LogP contribution is -2.47. The first-order valence-corrected chi connectivity index (χ1v) is 10.6. The molecule has 3 aromatic rings. The molecule has 2 aliphatic rings. The fourth-order valence-corrected chi connectivity index (χ4v) is 4.74. The van der Waals surface area contributed by atoms with Crippen molar-refractivity contribution in [2.24, 2.45) is 0 Å². The van der Waals surface area contributed by atoms with Crippen LogP contribution < -0.4 is 0 Å². The molecule has 0 bridgehead atoms. The van der Waals surface area contributed by atoms with E-state index in [-0.39, 0.29) is 12.3 Å². The summed E-state index contributed by atoms with van der Waals surface area (Å²) < 4.78 is 39.8. The van der Waals surface area contributed by atoms with Crippen molar-refractivity contribution in [3.8, 4) is 0 Å². The Hall–Kier alpha value is -2.77. The summed E-state index contributed by atoms with van der Waals surface area (Å²) in [6, 6.07) is 11.3. The Morgan fingerprint density at radius 3 is 2.55 bits per heavy atom. The number of aromatic amines is 1. The molecule has 2 aromatic carbocycles. The number of benzene rings is 2. The third-order valence-electron chi connectivity index (χ3n) is 6.40. The zero-order valence-electron chi connectivity index (χ0n) is 17.1. The highest BCUT2D eigenvalue weighted by Gasteiger charge is 2.41. The average Bonchev–Trinajstić information content (AvgIpc) is 3.40. The first-order valence-electron chi connectivity index (χ1n) is 10.6. The first kappa shape index (κ1) is 20.2. The number of para-hydroxylation sites is 1. The van der Waals surface area contributed by atoms with E-state index in [1.807, 2.05) is 30.5 Å². The van der Waals surface area contributed by atoms with E-state index < -0.39 is 23.3 Å². The molecule has 2 saturated heterocycles. The predicted octanol–water partition coefficient (Wildman–Crippen LogP) is 4.33. The van der Waals surface area contributed by atoms with E-state index >= 15 is 0 Å². The minimum Gasteiger partial charge on any atom is -0.361 e. The zero-order valence-corrected chi connectivity index (χ0v) is 17.1. The van der Waals surface area contributed by atoms with Gasteiger partial charge in [-0.1, -0.05) is 24.3 Å². The first-order chi connectivity index (χ1) is 15.0. The van der Waals surface area contributed by atoms with Crippen LogP contribution in [0.2, 0.25) is 0 Å². The number of halogens is 2. The molecular formula is C24H24F2N2O3. The number of H-pyrrole nitrogens is 1. The van der Waals surface area contributed by atoms with Crippen molar-refractivity contribution in [2.75, 3.05) is 26.3 Å². The number of amides is 1. The fraction of sp³-hybridized carbons (Fsp3) is 0.375. The third kappa shape index (κ3) is 3.83. The van der Waals surface area contributed by atoms with Crippen LogP contribution in [0.5, 0.6) is 0 Å². The Labute approximate surface area is 178 Å². The van der Waals surface area contributed by atoms with Gasteiger partial charge in [0, 0.05) is 61.4 Å². The van der Waals surface area contributed by atoms with Gasteiger partial charge in [0.15, 0.2) is 5.79 Å². The average molecular weight is 426 g/mol. The summed E-state index contributed by atoms with van der Waals surface area (Å²) in [7, 11) is 0. The molecule has 1 atom stereocenters. The van der Waals surface area contributed by atoms with E-state index in [1.54, 1.807) is 4.90 Å². The molecule has 1 amide bonds. The monoisotopic (exact) mass is 426 g/mol. The second-order valence-electron chi connectivity index (χ2n) is 8.20. The molecule has 2 aliphatic heterocycles. The SMILES string of the molecule is O=C(CC(c1ccc(F)cc1F)c1c[nH]c2ccccc12)N1CCC2(CC1)OCCO2.